The van der Waals surface area contributed by atoms with Crippen molar-refractivity contribution in [2.45, 2.75) is 14.4 Å². The number of aromatic nitrogens is 3. The van der Waals surface area contributed by atoms with E-state index in [0.29, 0.717) is 0 Å². The van der Waals surface area contributed by atoms with Crippen LogP contribution in [0.3, 0.4) is 0 Å². The second kappa shape index (κ2) is 9.28. The van der Waals surface area contributed by atoms with Gasteiger partial charge in [-0.05, 0) is 30.7 Å². The maximum Gasteiger partial charge on any atom is 0.125 e. The Morgan fingerprint density at radius 1 is 0.839 bits per heavy atom. The predicted octanol–water partition coefficient (Wildman–Crippen LogP) is 6.18. The van der Waals surface area contributed by atoms with E-state index in [4.69, 9.17) is 4.98 Å². The molecule has 5 aromatic rings. The minimum Gasteiger partial charge on any atom is -0.507 e. The van der Waals surface area contributed by atoms with Crippen LogP contribution < -0.4 is 0 Å². The number of phenols is 1. The van der Waals surface area contributed by atoms with E-state index in [0.717, 1.165) is 45.0 Å². The molecule has 3 aromatic heterocycles. The fourth-order valence-corrected chi connectivity index (χ4v) is 3.62. The smallest absolute Gasteiger partial charge is 0.125 e. The molecule has 4 nitrogen and oxygen atoms in total. The second-order valence-corrected chi connectivity index (χ2v) is 6.87. The molecular formula is C26H22N3OPt-. The monoisotopic (exact) mass is 587 g/mol. The zero-order valence-electron chi connectivity index (χ0n) is 16.2. The SMILES string of the molecule is C.Cc1c(-c2ccccc2O)nc2c(-c3[c-]c(-c4ccccn4)ccc3)cccn12.[Pt]. The number of aryl methyl sites for hydroxylation is 1. The average molecular weight is 588 g/mol. The molecule has 1 N–H and O–H groups in total. The third-order valence-corrected chi connectivity index (χ3v) is 5.07. The van der Waals surface area contributed by atoms with Crippen molar-refractivity contribution in [3.8, 4) is 39.4 Å². The predicted molar refractivity (Wildman–Crippen MR) is 121 cm³/mol. The van der Waals surface area contributed by atoms with Gasteiger partial charge in [-0.2, -0.15) is 0 Å². The molecule has 31 heavy (non-hydrogen) atoms. The first-order chi connectivity index (χ1) is 14.2. The van der Waals surface area contributed by atoms with E-state index < -0.39 is 0 Å². The van der Waals surface area contributed by atoms with Crippen molar-refractivity contribution in [3.63, 3.8) is 0 Å². The van der Waals surface area contributed by atoms with Gasteiger partial charge in [0.2, 0.25) is 0 Å². The minimum atomic E-state index is 0. The van der Waals surface area contributed by atoms with Gasteiger partial charge in [-0.3, -0.25) is 4.98 Å². The molecule has 0 atom stereocenters. The summed E-state index contributed by atoms with van der Waals surface area (Å²) in [6, 6.07) is 26.7. The van der Waals surface area contributed by atoms with Gasteiger partial charge in [0, 0.05) is 50.4 Å². The number of imidazole rings is 1. The van der Waals surface area contributed by atoms with Crippen molar-refractivity contribution in [1.29, 1.82) is 0 Å². The summed E-state index contributed by atoms with van der Waals surface area (Å²) in [4.78, 5) is 9.32. The van der Waals surface area contributed by atoms with Gasteiger partial charge < -0.3 is 9.51 Å². The van der Waals surface area contributed by atoms with Crippen molar-refractivity contribution < 1.29 is 26.2 Å². The molecule has 0 spiro atoms. The Bertz CT molecular complexity index is 1330. The van der Waals surface area contributed by atoms with Crippen molar-refractivity contribution in [2.24, 2.45) is 0 Å². The van der Waals surface area contributed by atoms with Crippen LogP contribution in [0, 0.1) is 13.0 Å². The van der Waals surface area contributed by atoms with E-state index in [-0.39, 0.29) is 34.2 Å². The third-order valence-electron chi connectivity index (χ3n) is 5.07. The van der Waals surface area contributed by atoms with Crippen molar-refractivity contribution in [3.05, 3.63) is 97.0 Å². The molecule has 0 saturated heterocycles. The van der Waals surface area contributed by atoms with E-state index in [2.05, 4.69) is 15.5 Å². The first-order valence-corrected chi connectivity index (χ1v) is 9.42. The van der Waals surface area contributed by atoms with E-state index >= 15 is 0 Å². The zero-order valence-corrected chi connectivity index (χ0v) is 18.5. The molecule has 158 valence electrons. The van der Waals surface area contributed by atoms with Gasteiger partial charge in [0.15, 0.2) is 0 Å². The zero-order chi connectivity index (χ0) is 19.8. The van der Waals surface area contributed by atoms with Crippen LogP contribution >= 0.6 is 0 Å². The molecule has 0 fully saturated rings. The van der Waals surface area contributed by atoms with Crippen LogP contribution in [0.2, 0.25) is 0 Å². The Labute approximate surface area is 196 Å². The molecule has 5 heteroatoms. The maximum atomic E-state index is 10.3. The second-order valence-electron chi connectivity index (χ2n) is 6.87. The molecule has 0 aliphatic carbocycles. The standard InChI is InChI=1S/C25H18N3O.CH4.Pt/c1-17-24(21-10-2-3-13-23(21)29)27-25-20(11-7-15-28(17)25)18-8-6-9-19(16-18)22-12-4-5-14-26-22;;/h2-15,29H,1H3;1H4;/q-1;;. The molecular weight excluding hydrogens is 565 g/mol. The largest absolute Gasteiger partial charge is 0.507 e. The summed E-state index contributed by atoms with van der Waals surface area (Å²) in [7, 11) is 0. The fourth-order valence-electron chi connectivity index (χ4n) is 3.62. The van der Waals surface area contributed by atoms with Gasteiger partial charge in [0.05, 0.1) is 5.69 Å². The number of benzene rings is 2. The van der Waals surface area contributed by atoms with Crippen LogP contribution in [0.4, 0.5) is 0 Å². The van der Waals surface area contributed by atoms with E-state index in [1.165, 1.54) is 0 Å². The molecule has 2 aromatic carbocycles. The first-order valence-electron chi connectivity index (χ1n) is 9.42. The molecule has 0 aliphatic rings. The Hall–Kier alpha value is -3.23. The summed E-state index contributed by atoms with van der Waals surface area (Å²) in [5.74, 6) is 0.226. The number of fused-ring (bicyclic) bond motifs is 1. The summed E-state index contributed by atoms with van der Waals surface area (Å²) in [5.41, 5.74) is 7.07. The fraction of sp³-hybridized carbons (Fsp3) is 0.0769. The van der Waals surface area contributed by atoms with Gasteiger partial charge >= 0.3 is 0 Å². The summed E-state index contributed by atoms with van der Waals surface area (Å²) in [6.45, 7) is 2.01. The Morgan fingerprint density at radius 2 is 1.58 bits per heavy atom. The Kier molecular flexibility index (Phi) is 6.72. The maximum absolute atomic E-state index is 10.3. The van der Waals surface area contributed by atoms with Crippen molar-refractivity contribution in [1.82, 2.24) is 14.4 Å². The van der Waals surface area contributed by atoms with E-state index in [9.17, 15) is 5.11 Å². The van der Waals surface area contributed by atoms with Crippen molar-refractivity contribution >= 4 is 5.65 Å². The number of para-hydroxylation sites is 1. The number of aromatic hydroxyl groups is 1. The van der Waals surface area contributed by atoms with E-state index in [1.807, 2.05) is 79.9 Å². The Balaban J connectivity index is 0.00000136. The molecule has 5 rings (SSSR count). The van der Waals surface area contributed by atoms with Gasteiger partial charge in [-0.15, -0.1) is 29.8 Å². The Morgan fingerprint density at radius 3 is 2.35 bits per heavy atom. The van der Waals surface area contributed by atoms with Gasteiger partial charge in [0.1, 0.15) is 11.4 Å². The summed E-state index contributed by atoms with van der Waals surface area (Å²) >= 11 is 0. The third kappa shape index (κ3) is 4.04. The van der Waals surface area contributed by atoms with Crippen LogP contribution in [-0.4, -0.2) is 19.5 Å². The number of hydrogen-bond acceptors (Lipinski definition) is 3. The molecule has 0 saturated carbocycles. The molecule has 0 radical (unpaired) electrons. The molecule has 0 unspecified atom stereocenters. The number of pyridine rings is 2. The number of hydrogen-bond donors (Lipinski definition) is 1. The first kappa shape index (κ1) is 22.5. The summed E-state index contributed by atoms with van der Waals surface area (Å²) < 4.78 is 2.05. The van der Waals surface area contributed by atoms with Gasteiger partial charge in [-0.1, -0.05) is 49.4 Å². The minimum absolute atomic E-state index is 0. The van der Waals surface area contributed by atoms with Crippen LogP contribution in [0.25, 0.3) is 39.3 Å². The number of rotatable bonds is 3. The quantitative estimate of drug-likeness (QED) is 0.257. The molecule has 0 amide bonds. The van der Waals surface area contributed by atoms with Crippen LogP contribution in [-0.2, 0) is 21.1 Å². The average Bonchev–Trinajstić information content (AvgIpc) is 3.11. The van der Waals surface area contributed by atoms with Gasteiger partial charge in [0.25, 0.3) is 0 Å². The normalized spacial score (nSPS) is 10.4. The number of nitrogens with zero attached hydrogens (tertiary/aromatic N) is 3. The van der Waals surface area contributed by atoms with Crippen LogP contribution in [0.1, 0.15) is 13.1 Å². The number of phenolic OH excluding ortho intramolecular Hbond substituents is 1. The summed E-state index contributed by atoms with van der Waals surface area (Å²) in [6.07, 6.45) is 3.78. The molecule has 0 aliphatic heterocycles. The topological polar surface area (TPSA) is 50.4 Å². The molecule has 0 bridgehead atoms. The van der Waals surface area contributed by atoms with Crippen LogP contribution in [0.15, 0.2) is 85.2 Å². The summed E-state index contributed by atoms with van der Waals surface area (Å²) in [5, 5.41) is 10.3. The van der Waals surface area contributed by atoms with Crippen molar-refractivity contribution in [2.75, 3.05) is 0 Å². The van der Waals surface area contributed by atoms with Crippen LogP contribution in [0.5, 0.6) is 5.75 Å². The molecule has 3 heterocycles. The van der Waals surface area contributed by atoms with Gasteiger partial charge in [-0.25, -0.2) is 4.98 Å². The van der Waals surface area contributed by atoms with E-state index in [1.54, 1.807) is 12.3 Å².